The van der Waals surface area contributed by atoms with Gasteiger partial charge >= 0.3 is 511 Å². The molecule has 0 fully saturated rings. The van der Waals surface area contributed by atoms with E-state index in [0.29, 0.717) is 0 Å². The number of nitrogens with zero attached hydrogens (tertiary/aromatic N) is 3. The van der Waals surface area contributed by atoms with E-state index in [1.54, 1.807) is 0 Å². The molecule has 2 aliphatic heterocycles. The van der Waals surface area contributed by atoms with Gasteiger partial charge in [-0.2, -0.15) is 0 Å². The molecule has 12 aromatic rings. The Morgan fingerprint density at radius 3 is 1.33 bits per heavy atom. The van der Waals surface area contributed by atoms with E-state index >= 15 is 0 Å². The zero-order chi connectivity index (χ0) is 61.7. The van der Waals surface area contributed by atoms with Crippen molar-refractivity contribution in [2.75, 3.05) is 14.7 Å². The number of anilines is 9. The first-order valence-corrected chi connectivity index (χ1v) is 33.4. The number of benzene rings is 11. The molecular formula is C84H78BN3Se. The van der Waals surface area contributed by atoms with Crippen LogP contribution in [-0.4, -0.2) is 21.2 Å². The van der Waals surface area contributed by atoms with E-state index in [9.17, 15) is 0 Å². The predicted molar refractivity (Wildman–Crippen MR) is 386 cm³/mol. The van der Waals surface area contributed by atoms with Crippen molar-refractivity contribution in [1.82, 2.24) is 0 Å². The van der Waals surface area contributed by atoms with E-state index in [1.807, 2.05) is 0 Å². The standard InChI is InChI=1S/C84H78BN3Se/c1-81(2,3)60-40-43-64(44-41-60)86(71-37-25-22-34-66(71)55-28-16-13-17-29-55)65-45-46-70-74(54-65)87(72-38-26-23-35-67(72)56-30-18-14-19-31-56)75-50-59(58-48-62(83(7,8)9)52-63(49-58)84(10,11)12)51-76-78(75)85(70)80-79(69-53-61(82(4,5)6)42-47-77(69)89-80)88(76)73-39-27-24-36-68(73)57-32-20-15-21-33-57/h13-54H,1-12H3. The molecule has 3 nitrogen and oxygen atoms in total. The van der Waals surface area contributed by atoms with Crippen LogP contribution in [0.3, 0.4) is 0 Å². The molecule has 0 aliphatic carbocycles. The van der Waals surface area contributed by atoms with Crippen LogP contribution in [0, 0.1) is 0 Å². The molecule has 2 aliphatic rings. The van der Waals surface area contributed by atoms with E-state index in [2.05, 4.69) is 353 Å². The quantitative estimate of drug-likeness (QED) is 0.133. The van der Waals surface area contributed by atoms with Gasteiger partial charge in [0.05, 0.1) is 0 Å². The average molecular weight is 1220 g/mol. The fourth-order valence-corrected chi connectivity index (χ4v) is 16.3. The first-order valence-electron chi connectivity index (χ1n) is 31.7. The Kier molecular flexibility index (Phi) is 14.3. The maximum atomic E-state index is 2.72. The molecule has 0 saturated heterocycles. The topological polar surface area (TPSA) is 9.72 Å². The van der Waals surface area contributed by atoms with E-state index in [1.165, 1.54) is 120 Å². The first-order chi connectivity index (χ1) is 42.7. The molecule has 0 spiro atoms. The van der Waals surface area contributed by atoms with Crippen LogP contribution in [-0.2, 0) is 21.7 Å². The molecule has 1 aromatic heterocycles. The van der Waals surface area contributed by atoms with Gasteiger partial charge in [-0.1, -0.05) is 26.8 Å². The van der Waals surface area contributed by atoms with Crippen molar-refractivity contribution in [2.45, 2.75) is 105 Å². The van der Waals surface area contributed by atoms with Crippen LogP contribution in [0.25, 0.3) is 54.2 Å². The van der Waals surface area contributed by atoms with E-state index in [-0.39, 0.29) is 42.9 Å². The second-order valence-corrected chi connectivity index (χ2v) is 30.9. The van der Waals surface area contributed by atoms with Gasteiger partial charge in [-0.25, -0.2) is 0 Å². The zero-order valence-electron chi connectivity index (χ0n) is 53.6. The Hall–Kier alpha value is -8.86. The van der Waals surface area contributed by atoms with Gasteiger partial charge < -0.3 is 0 Å². The van der Waals surface area contributed by atoms with E-state index in [0.717, 1.165) is 22.7 Å². The Labute approximate surface area is 534 Å². The molecule has 0 saturated carbocycles. The van der Waals surface area contributed by atoms with Gasteiger partial charge in [-0.15, -0.1) is 0 Å². The van der Waals surface area contributed by atoms with E-state index in [4.69, 9.17) is 0 Å². The number of fused-ring (bicyclic) bond motifs is 6. The molecule has 0 radical (unpaired) electrons. The molecule has 0 amide bonds. The van der Waals surface area contributed by atoms with E-state index < -0.39 is 0 Å². The molecular weight excluding hydrogens is 1140 g/mol. The fourth-order valence-electron chi connectivity index (χ4n) is 13.5. The van der Waals surface area contributed by atoms with Gasteiger partial charge in [0.2, 0.25) is 0 Å². The van der Waals surface area contributed by atoms with Crippen LogP contribution in [0.5, 0.6) is 0 Å². The molecule has 89 heavy (non-hydrogen) atoms. The summed E-state index contributed by atoms with van der Waals surface area (Å²) in [6.07, 6.45) is 0. The first kappa shape index (κ1) is 57.9. The zero-order valence-corrected chi connectivity index (χ0v) is 55.3. The number of hydrogen-bond donors (Lipinski definition) is 0. The summed E-state index contributed by atoms with van der Waals surface area (Å²) in [5.74, 6) is 0. The Bertz CT molecular complexity index is 4620. The molecule has 0 bridgehead atoms. The summed E-state index contributed by atoms with van der Waals surface area (Å²) in [5, 5.41) is 1.34. The summed E-state index contributed by atoms with van der Waals surface area (Å²) in [5.41, 5.74) is 27.7. The summed E-state index contributed by atoms with van der Waals surface area (Å²) in [7, 11) is 0. The third-order valence-electron chi connectivity index (χ3n) is 18.4. The minimum atomic E-state index is -0.0988. The summed E-state index contributed by atoms with van der Waals surface area (Å²) >= 11 is -0.0303. The summed E-state index contributed by atoms with van der Waals surface area (Å²) in [6.45, 7) is 28.1. The minimum absolute atomic E-state index is 0.0142. The van der Waals surface area contributed by atoms with Gasteiger partial charge in [0, 0.05) is 0 Å². The van der Waals surface area contributed by atoms with Gasteiger partial charge in [-0.05, 0) is 0 Å². The number of hydrogen-bond acceptors (Lipinski definition) is 3. The third-order valence-corrected chi connectivity index (χ3v) is 21.0. The van der Waals surface area contributed by atoms with Crippen molar-refractivity contribution in [3.05, 3.63) is 277 Å². The predicted octanol–water partition coefficient (Wildman–Crippen LogP) is 21.3. The van der Waals surface area contributed by atoms with Crippen LogP contribution in [0.1, 0.15) is 105 Å². The fraction of sp³-hybridized carbons (Fsp3) is 0.190. The van der Waals surface area contributed by atoms with Crippen molar-refractivity contribution in [1.29, 1.82) is 0 Å². The molecule has 0 atom stereocenters. The van der Waals surface area contributed by atoms with Crippen molar-refractivity contribution < 1.29 is 0 Å². The second-order valence-electron chi connectivity index (χ2n) is 28.6. The molecule has 0 N–H and O–H groups in total. The van der Waals surface area contributed by atoms with Gasteiger partial charge in [0.1, 0.15) is 0 Å². The van der Waals surface area contributed by atoms with Crippen LogP contribution >= 0.6 is 0 Å². The van der Waals surface area contributed by atoms with Gasteiger partial charge in [0.15, 0.2) is 0 Å². The number of para-hydroxylation sites is 3. The Morgan fingerprint density at radius 2 is 0.775 bits per heavy atom. The second kappa shape index (κ2) is 22.0. The van der Waals surface area contributed by atoms with Gasteiger partial charge in [0.25, 0.3) is 0 Å². The maximum absolute atomic E-state index is 2.72. The number of rotatable bonds is 9. The molecule has 11 aromatic carbocycles. The van der Waals surface area contributed by atoms with Gasteiger partial charge in [-0.3, -0.25) is 0 Å². The molecule has 14 rings (SSSR count). The monoisotopic (exact) mass is 1220 g/mol. The summed E-state index contributed by atoms with van der Waals surface area (Å²) in [6, 6.07) is 97.1. The van der Waals surface area contributed by atoms with Crippen LogP contribution < -0.4 is 30.0 Å². The van der Waals surface area contributed by atoms with Crippen LogP contribution in [0.15, 0.2) is 255 Å². The Balaban J connectivity index is 1.14. The summed E-state index contributed by atoms with van der Waals surface area (Å²) in [4.78, 5) is 7.90. The third kappa shape index (κ3) is 10.5. The van der Waals surface area contributed by atoms with Crippen LogP contribution in [0.4, 0.5) is 51.2 Å². The van der Waals surface area contributed by atoms with Crippen molar-refractivity contribution in [2.24, 2.45) is 0 Å². The van der Waals surface area contributed by atoms with Crippen LogP contribution in [0.2, 0.25) is 0 Å². The molecule has 3 heterocycles. The van der Waals surface area contributed by atoms with Crippen molar-refractivity contribution in [3.8, 4) is 44.5 Å². The Morgan fingerprint density at radius 1 is 0.326 bits per heavy atom. The summed E-state index contributed by atoms with van der Waals surface area (Å²) < 4.78 is 2.92. The van der Waals surface area contributed by atoms with Crippen molar-refractivity contribution in [3.63, 3.8) is 0 Å². The molecule has 0 unspecified atom stereocenters. The normalized spacial score (nSPS) is 13.1. The van der Waals surface area contributed by atoms with Crippen molar-refractivity contribution >= 4 is 97.3 Å². The molecule has 438 valence electrons. The average Bonchev–Trinajstić information content (AvgIpc) is 1.74. The SMILES string of the molecule is CC(C)(C)c1ccc(N(c2ccc3c(c2)N(c2ccccc2-c2ccccc2)c2cc(-c4cc(C(C)(C)C)cc(C(C)(C)C)c4)cc4c2B3c2[se]c3ccc(C(C)(C)C)cc3c2N4c2ccccc2-c2ccccc2)c2ccccc2-c2ccccc2)cc1. The molecule has 5 heteroatoms.